The van der Waals surface area contributed by atoms with Gasteiger partial charge in [-0.15, -0.1) is 0 Å². The molecule has 0 fully saturated rings. The molecule has 0 bridgehead atoms. The summed E-state index contributed by atoms with van der Waals surface area (Å²) in [7, 11) is 0. The van der Waals surface area contributed by atoms with Crippen LogP contribution in [0.15, 0.2) is 30.4 Å². The molecule has 1 atom stereocenters. The monoisotopic (exact) mass is 236 g/mol. The Bertz CT molecular complexity index is 371. The number of hydrogen-bond donors (Lipinski definition) is 0. The second-order valence-corrected chi connectivity index (χ2v) is 4.03. The van der Waals surface area contributed by atoms with Gasteiger partial charge in [0.2, 0.25) is 0 Å². The van der Waals surface area contributed by atoms with Gasteiger partial charge in [0.15, 0.2) is 0 Å². The van der Waals surface area contributed by atoms with Crippen molar-refractivity contribution in [3.8, 4) is 5.75 Å². The quantitative estimate of drug-likeness (QED) is 0.651. The molecule has 0 saturated carbocycles. The normalized spacial score (nSPS) is 12.9. The molecule has 0 spiro atoms. The molecule has 94 valence electrons. The minimum absolute atomic E-state index is 0.192. The fraction of sp³-hybridized carbons (Fsp3) is 0.467. The molecule has 0 aliphatic rings. The van der Waals surface area contributed by atoms with Gasteiger partial charge in [0, 0.05) is 5.56 Å². The number of halogens is 1. The third-order valence-electron chi connectivity index (χ3n) is 2.86. The zero-order valence-corrected chi connectivity index (χ0v) is 10.9. The lowest BCUT2D eigenvalue weighted by Gasteiger charge is -2.17. The number of allylic oxidation sites excluding steroid dienone is 2. The second kappa shape index (κ2) is 7.10. The first-order chi connectivity index (χ1) is 8.22. The summed E-state index contributed by atoms with van der Waals surface area (Å²) in [5, 5.41) is 0. The summed E-state index contributed by atoms with van der Waals surface area (Å²) < 4.78 is 18.9. The topological polar surface area (TPSA) is 9.23 Å². The average Bonchev–Trinajstić information content (AvgIpc) is 2.33. The fourth-order valence-electron chi connectivity index (χ4n) is 1.94. The first-order valence-electron chi connectivity index (χ1n) is 6.26. The molecule has 1 rings (SSSR count). The standard InChI is InChI=1S/C15H21FO/c1-4-7-8-12(5-2)14-11-13(16)9-10-15(14)17-6-3/h4,7,9-12H,5-6,8H2,1-3H3/b7-4-. The van der Waals surface area contributed by atoms with Crippen molar-refractivity contribution in [2.75, 3.05) is 6.61 Å². The lowest BCUT2D eigenvalue weighted by Crippen LogP contribution is -2.02. The van der Waals surface area contributed by atoms with Gasteiger partial charge in [-0.25, -0.2) is 4.39 Å². The fourth-order valence-corrected chi connectivity index (χ4v) is 1.94. The van der Waals surface area contributed by atoms with Crippen molar-refractivity contribution < 1.29 is 9.13 Å². The molecule has 0 aliphatic carbocycles. The van der Waals surface area contributed by atoms with Crippen LogP contribution in [0.3, 0.4) is 0 Å². The first kappa shape index (κ1) is 13.8. The highest BCUT2D eigenvalue weighted by Gasteiger charge is 2.14. The van der Waals surface area contributed by atoms with E-state index in [0.717, 1.165) is 24.2 Å². The molecule has 1 nitrogen and oxygen atoms in total. The molecule has 0 radical (unpaired) electrons. The lowest BCUT2D eigenvalue weighted by atomic mass is 9.92. The van der Waals surface area contributed by atoms with E-state index in [2.05, 4.69) is 13.0 Å². The molecule has 1 aromatic rings. The molecule has 0 saturated heterocycles. The lowest BCUT2D eigenvalue weighted by molar-refractivity contribution is 0.332. The van der Waals surface area contributed by atoms with Crippen LogP contribution in [0.4, 0.5) is 4.39 Å². The third-order valence-corrected chi connectivity index (χ3v) is 2.86. The van der Waals surface area contributed by atoms with Crippen LogP contribution in [0.5, 0.6) is 5.75 Å². The van der Waals surface area contributed by atoms with E-state index in [9.17, 15) is 4.39 Å². The first-order valence-corrected chi connectivity index (χ1v) is 6.26. The summed E-state index contributed by atoms with van der Waals surface area (Å²) in [5.41, 5.74) is 0.979. The smallest absolute Gasteiger partial charge is 0.123 e. The molecule has 1 aromatic carbocycles. The Morgan fingerprint density at radius 1 is 1.35 bits per heavy atom. The average molecular weight is 236 g/mol. The number of hydrogen-bond acceptors (Lipinski definition) is 1. The minimum atomic E-state index is -0.192. The molecule has 17 heavy (non-hydrogen) atoms. The summed E-state index contributed by atoms with van der Waals surface area (Å²) in [4.78, 5) is 0. The molecule has 0 aliphatic heterocycles. The number of ether oxygens (including phenoxy) is 1. The van der Waals surface area contributed by atoms with Crippen molar-refractivity contribution in [1.29, 1.82) is 0 Å². The van der Waals surface area contributed by atoms with Gasteiger partial charge < -0.3 is 4.74 Å². The summed E-state index contributed by atoms with van der Waals surface area (Å²) in [6.45, 7) is 6.68. The highest BCUT2D eigenvalue weighted by Crippen LogP contribution is 2.32. The Morgan fingerprint density at radius 3 is 2.71 bits per heavy atom. The Balaban J connectivity index is 3.01. The Labute approximate surface area is 103 Å². The van der Waals surface area contributed by atoms with E-state index < -0.39 is 0 Å². The minimum Gasteiger partial charge on any atom is -0.494 e. The van der Waals surface area contributed by atoms with Crippen molar-refractivity contribution in [3.63, 3.8) is 0 Å². The highest BCUT2D eigenvalue weighted by atomic mass is 19.1. The van der Waals surface area contributed by atoms with Gasteiger partial charge in [-0.2, -0.15) is 0 Å². The SMILES string of the molecule is C/C=C\CC(CC)c1cc(F)ccc1OCC. The number of rotatable bonds is 6. The van der Waals surface area contributed by atoms with Gasteiger partial charge >= 0.3 is 0 Å². The van der Waals surface area contributed by atoms with E-state index in [0.29, 0.717) is 12.5 Å². The van der Waals surface area contributed by atoms with Gasteiger partial charge in [-0.3, -0.25) is 0 Å². The van der Waals surface area contributed by atoms with Crippen molar-refractivity contribution >= 4 is 0 Å². The van der Waals surface area contributed by atoms with Gasteiger partial charge in [-0.05, 0) is 50.8 Å². The molecule has 1 unspecified atom stereocenters. The maximum absolute atomic E-state index is 13.3. The van der Waals surface area contributed by atoms with E-state index >= 15 is 0 Å². The van der Waals surface area contributed by atoms with Crippen LogP contribution in [-0.2, 0) is 0 Å². The summed E-state index contributed by atoms with van der Waals surface area (Å²) in [5.74, 6) is 0.941. The van der Waals surface area contributed by atoms with E-state index in [1.807, 2.05) is 19.9 Å². The van der Waals surface area contributed by atoms with Crippen molar-refractivity contribution in [3.05, 3.63) is 41.7 Å². The Kier molecular flexibility index (Phi) is 5.75. The molecule has 2 heteroatoms. The van der Waals surface area contributed by atoms with Crippen LogP contribution in [0, 0.1) is 5.82 Å². The van der Waals surface area contributed by atoms with Crippen LogP contribution >= 0.6 is 0 Å². The molecule has 0 aromatic heterocycles. The van der Waals surface area contributed by atoms with Gasteiger partial charge in [0.1, 0.15) is 11.6 Å². The van der Waals surface area contributed by atoms with Crippen LogP contribution in [0.2, 0.25) is 0 Å². The molecular weight excluding hydrogens is 215 g/mol. The predicted octanol–water partition coefficient (Wildman–Crippen LogP) is 4.68. The predicted molar refractivity (Wildman–Crippen MR) is 70.0 cm³/mol. The van der Waals surface area contributed by atoms with E-state index in [1.54, 1.807) is 12.1 Å². The molecule has 0 heterocycles. The van der Waals surface area contributed by atoms with Gasteiger partial charge in [-0.1, -0.05) is 19.1 Å². The number of benzene rings is 1. The van der Waals surface area contributed by atoms with E-state index in [-0.39, 0.29) is 5.82 Å². The summed E-state index contributed by atoms with van der Waals surface area (Å²) in [6, 6.07) is 4.78. The van der Waals surface area contributed by atoms with Gasteiger partial charge in [0.05, 0.1) is 6.61 Å². The highest BCUT2D eigenvalue weighted by molar-refractivity contribution is 5.37. The molecule has 0 N–H and O–H groups in total. The maximum Gasteiger partial charge on any atom is 0.123 e. The second-order valence-electron chi connectivity index (χ2n) is 4.03. The van der Waals surface area contributed by atoms with Crippen molar-refractivity contribution in [1.82, 2.24) is 0 Å². The third kappa shape index (κ3) is 3.88. The van der Waals surface area contributed by atoms with E-state index in [4.69, 9.17) is 4.74 Å². The van der Waals surface area contributed by atoms with Crippen molar-refractivity contribution in [2.24, 2.45) is 0 Å². The molecular formula is C15H21FO. The van der Waals surface area contributed by atoms with Crippen LogP contribution in [-0.4, -0.2) is 6.61 Å². The Morgan fingerprint density at radius 2 is 2.12 bits per heavy atom. The van der Waals surface area contributed by atoms with Crippen LogP contribution in [0.25, 0.3) is 0 Å². The zero-order chi connectivity index (χ0) is 12.7. The van der Waals surface area contributed by atoms with Crippen molar-refractivity contribution in [2.45, 2.75) is 39.5 Å². The van der Waals surface area contributed by atoms with E-state index in [1.165, 1.54) is 6.07 Å². The molecule has 0 amide bonds. The van der Waals surface area contributed by atoms with Crippen LogP contribution in [0.1, 0.15) is 45.1 Å². The maximum atomic E-state index is 13.3. The van der Waals surface area contributed by atoms with Gasteiger partial charge in [0.25, 0.3) is 0 Å². The summed E-state index contributed by atoms with van der Waals surface area (Å²) >= 11 is 0. The Hall–Kier alpha value is -1.31. The summed E-state index contributed by atoms with van der Waals surface area (Å²) in [6.07, 6.45) is 6.06. The largest absolute Gasteiger partial charge is 0.494 e. The van der Waals surface area contributed by atoms with Crippen LogP contribution < -0.4 is 4.74 Å². The zero-order valence-electron chi connectivity index (χ0n) is 10.9.